The Morgan fingerprint density at radius 3 is 1.59 bits per heavy atom. The number of nitrogens with one attached hydrogen (secondary N) is 2. The first-order valence-electron chi connectivity index (χ1n) is 16.7. The highest BCUT2D eigenvalue weighted by Crippen LogP contribution is 2.39. The fourth-order valence-electron chi connectivity index (χ4n) is 6.89. The minimum Gasteiger partial charge on any atom is -0.456 e. The van der Waals surface area contributed by atoms with E-state index in [-0.39, 0.29) is 12.3 Å². The van der Waals surface area contributed by atoms with Gasteiger partial charge in [-0.25, -0.2) is 4.99 Å². The van der Waals surface area contributed by atoms with Gasteiger partial charge in [-0.15, -0.1) is 0 Å². The molecule has 1 aliphatic rings. The molecule has 1 aliphatic heterocycles. The quantitative estimate of drug-likeness (QED) is 0.192. The Balaban J connectivity index is 1.11. The van der Waals surface area contributed by atoms with Gasteiger partial charge in [0, 0.05) is 21.9 Å². The van der Waals surface area contributed by atoms with E-state index in [9.17, 15) is 0 Å². The predicted octanol–water partition coefficient (Wildman–Crippen LogP) is 10.9. The third kappa shape index (κ3) is 5.58. The smallest absolute Gasteiger partial charge is 0.136 e. The molecule has 49 heavy (non-hydrogen) atoms. The summed E-state index contributed by atoms with van der Waals surface area (Å²) in [5, 5.41) is 9.82. The van der Waals surface area contributed by atoms with Crippen molar-refractivity contribution >= 4 is 27.8 Å². The molecule has 2 N–H and O–H groups in total. The third-order valence-corrected chi connectivity index (χ3v) is 9.39. The molecule has 0 bridgehead atoms. The summed E-state index contributed by atoms with van der Waals surface area (Å²) in [6, 6.07) is 61.6. The van der Waals surface area contributed by atoms with Crippen molar-refractivity contribution in [2.45, 2.75) is 12.3 Å². The number of furan rings is 1. The van der Waals surface area contributed by atoms with E-state index in [0.29, 0.717) is 0 Å². The van der Waals surface area contributed by atoms with Crippen molar-refractivity contribution in [1.82, 2.24) is 10.6 Å². The summed E-state index contributed by atoms with van der Waals surface area (Å²) in [7, 11) is 0. The lowest BCUT2D eigenvalue weighted by Crippen LogP contribution is -2.45. The van der Waals surface area contributed by atoms with Crippen LogP contribution in [0.4, 0.5) is 0 Å². The predicted molar refractivity (Wildman–Crippen MR) is 201 cm³/mol. The third-order valence-electron chi connectivity index (χ3n) is 9.39. The first kappa shape index (κ1) is 29.0. The molecule has 9 rings (SSSR count). The van der Waals surface area contributed by atoms with E-state index in [1.807, 2.05) is 30.3 Å². The highest BCUT2D eigenvalue weighted by molar-refractivity contribution is 6.08. The second-order valence-electron chi connectivity index (χ2n) is 12.5. The lowest BCUT2D eigenvalue weighted by atomic mass is 9.96. The molecule has 0 spiro atoms. The number of fused-ring (bicyclic) bond motifs is 3. The summed E-state index contributed by atoms with van der Waals surface area (Å²) in [6.45, 7) is 0. The molecule has 0 amide bonds. The second kappa shape index (κ2) is 12.4. The molecule has 0 fully saturated rings. The molecule has 0 saturated heterocycles. The van der Waals surface area contributed by atoms with Crippen LogP contribution < -0.4 is 10.6 Å². The van der Waals surface area contributed by atoms with Gasteiger partial charge in [-0.1, -0.05) is 158 Å². The van der Waals surface area contributed by atoms with Crippen LogP contribution in [0.15, 0.2) is 185 Å². The van der Waals surface area contributed by atoms with E-state index < -0.39 is 0 Å². The van der Waals surface area contributed by atoms with Crippen LogP contribution in [0.25, 0.3) is 55.3 Å². The Hall–Kier alpha value is -6.23. The van der Waals surface area contributed by atoms with E-state index in [1.54, 1.807) is 0 Å². The average Bonchev–Trinajstić information content (AvgIpc) is 3.57. The topological polar surface area (TPSA) is 49.6 Å². The van der Waals surface area contributed by atoms with Crippen LogP contribution in [0.5, 0.6) is 0 Å². The molecular formula is C45H33N3O. The maximum absolute atomic E-state index is 6.47. The average molecular weight is 632 g/mol. The molecule has 4 nitrogen and oxygen atoms in total. The molecule has 0 saturated carbocycles. The number of amidine groups is 1. The van der Waals surface area contributed by atoms with Crippen LogP contribution in [-0.4, -0.2) is 5.84 Å². The Labute approximate surface area is 285 Å². The van der Waals surface area contributed by atoms with Crippen LogP contribution in [0.3, 0.4) is 0 Å². The molecule has 7 aromatic carbocycles. The van der Waals surface area contributed by atoms with Crippen LogP contribution in [-0.2, 0) is 0 Å². The van der Waals surface area contributed by atoms with Crippen LogP contribution in [0.2, 0.25) is 0 Å². The van der Waals surface area contributed by atoms with Crippen LogP contribution in [0.1, 0.15) is 29.0 Å². The van der Waals surface area contributed by atoms with Gasteiger partial charge in [-0.05, 0) is 57.1 Å². The fraction of sp³-hybridized carbons (Fsp3) is 0.0444. The molecule has 1 aromatic heterocycles. The number of hydrogen-bond donors (Lipinski definition) is 2. The zero-order valence-electron chi connectivity index (χ0n) is 26.8. The van der Waals surface area contributed by atoms with Crippen molar-refractivity contribution in [1.29, 1.82) is 0 Å². The van der Waals surface area contributed by atoms with Crippen molar-refractivity contribution in [3.63, 3.8) is 0 Å². The lowest BCUT2D eigenvalue weighted by molar-refractivity contribution is 0.411. The van der Waals surface area contributed by atoms with Gasteiger partial charge in [0.2, 0.25) is 0 Å². The van der Waals surface area contributed by atoms with Crippen molar-refractivity contribution in [2.75, 3.05) is 0 Å². The fourth-order valence-corrected chi connectivity index (χ4v) is 6.89. The van der Waals surface area contributed by atoms with Gasteiger partial charge in [-0.2, -0.15) is 0 Å². The number of nitrogens with zero attached hydrogens (tertiary/aromatic N) is 1. The van der Waals surface area contributed by atoms with Gasteiger partial charge < -0.3 is 9.73 Å². The molecule has 0 radical (unpaired) electrons. The number of rotatable bonds is 6. The Bertz CT molecular complexity index is 2420. The maximum atomic E-state index is 6.47. The zero-order valence-corrected chi connectivity index (χ0v) is 26.8. The summed E-state index contributed by atoms with van der Waals surface area (Å²) in [5.74, 6) is 0.842. The molecule has 2 atom stereocenters. The molecule has 2 heterocycles. The van der Waals surface area contributed by atoms with Crippen molar-refractivity contribution in [3.05, 3.63) is 193 Å². The maximum Gasteiger partial charge on any atom is 0.136 e. The molecule has 4 heteroatoms. The highest BCUT2D eigenvalue weighted by atomic mass is 16.3. The molecule has 234 valence electrons. The molecule has 2 unspecified atom stereocenters. The monoisotopic (exact) mass is 631 g/mol. The van der Waals surface area contributed by atoms with E-state index in [4.69, 9.17) is 9.41 Å². The summed E-state index contributed by atoms with van der Waals surface area (Å²) >= 11 is 0. The van der Waals surface area contributed by atoms with Crippen LogP contribution in [0, 0.1) is 0 Å². The first-order chi connectivity index (χ1) is 24.3. The summed E-state index contributed by atoms with van der Waals surface area (Å²) in [6.07, 6.45) is -0.490. The molecule has 0 aliphatic carbocycles. The van der Waals surface area contributed by atoms with Gasteiger partial charge in [-0.3, -0.25) is 5.32 Å². The normalized spacial score (nSPS) is 16.0. The van der Waals surface area contributed by atoms with E-state index in [2.05, 4.69) is 156 Å². The molecular weight excluding hydrogens is 599 g/mol. The standard InChI is InChI=1S/C45H33N3O/c1-4-12-30(13-5-1)32-20-22-33(23-21-32)34-24-26-36(27-25-34)44-46-43(35-16-8-3-9-17-35)47-45(48-44)39-28-37(31-14-6-2-7-15-31)29-41-42(39)38-18-10-11-19-40(38)49-41/h1-29,43,45,47H,(H,46,48). The van der Waals surface area contributed by atoms with E-state index >= 15 is 0 Å². The number of para-hydroxylation sites is 1. The number of aliphatic imine (C=N–C) groups is 1. The van der Waals surface area contributed by atoms with Crippen molar-refractivity contribution in [2.24, 2.45) is 4.99 Å². The van der Waals surface area contributed by atoms with Crippen molar-refractivity contribution < 1.29 is 4.42 Å². The van der Waals surface area contributed by atoms with Gasteiger partial charge >= 0.3 is 0 Å². The Morgan fingerprint density at radius 2 is 0.959 bits per heavy atom. The van der Waals surface area contributed by atoms with Gasteiger partial charge in [0.25, 0.3) is 0 Å². The summed E-state index contributed by atoms with van der Waals surface area (Å²) in [5.41, 5.74) is 12.0. The van der Waals surface area contributed by atoms with Gasteiger partial charge in [0.15, 0.2) is 0 Å². The largest absolute Gasteiger partial charge is 0.456 e. The van der Waals surface area contributed by atoms with Crippen LogP contribution >= 0.6 is 0 Å². The Morgan fingerprint density at radius 1 is 0.449 bits per heavy atom. The van der Waals surface area contributed by atoms with Gasteiger partial charge in [0.05, 0.1) is 0 Å². The summed E-state index contributed by atoms with van der Waals surface area (Å²) < 4.78 is 6.47. The minimum atomic E-state index is -0.249. The number of benzene rings is 7. The van der Waals surface area contributed by atoms with Gasteiger partial charge in [0.1, 0.15) is 29.3 Å². The second-order valence-corrected chi connectivity index (χ2v) is 12.5. The van der Waals surface area contributed by atoms with Crippen molar-refractivity contribution in [3.8, 4) is 33.4 Å². The SMILES string of the molecule is c1ccc(-c2ccc(-c3ccc(C4=NC(c5ccccc5)NC(c5cc(-c6ccccc6)cc6oc7ccccc7c56)N4)cc3)cc2)cc1. The summed E-state index contributed by atoms with van der Waals surface area (Å²) in [4.78, 5) is 5.23. The first-order valence-corrected chi connectivity index (χ1v) is 16.7. The van der Waals surface area contributed by atoms with E-state index in [0.717, 1.165) is 61.2 Å². The van der Waals surface area contributed by atoms with E-state index in [1.165, 1.54) is 16.7 Å². The number of hydrogen-bond acceptors (Lipinski definition) is 4. The highest BCUT2D eigenvalue weighted by Gasteiger charge is 2.28. The minimum absolute atomic E-state index is 0.241. The lowest BCUT2D eigenvalue weighted by Gasteiger charge is -2.32. The molecule has 8 aromatic rings. The Kier molecular flexibility index (Phi) is 7.34. The zero-order chi connectivity index (χ0) is 32.6.